The summed E-state index contributed by atoms with van der Waals surface area (Å²) in [5.74, 6) is 0.852. The summed E-state index contributed by atoms with van der Waals surface area (Å²) < 4.78 is 0. The van der Waals surface area contributed by atoms with Crippen molar-refractivity contribution in [2.75, 3.05) is 0 Å². The number of rotatable bonds is 2. The van der Waals surface area contributed by atoms with Crippen molar-refractivity contribution in [3.05, 3.63) is 0 Å². The first-order valence-corrected chi connectivity index (χ1v) is 4.58. The van der Waals surface area contributed by atoms with Crippen molar-refractivity contribution in [2.45, 2.75) is 46.5 Å². The van der Waals surface area contributed by atoms with Crippen LogP contribution in [0.25, 0.3) is 0 Å². The Hall–Kier alpha value is -0.330. The highest BCUT2D eigenvalue weighted by atomic mass is 16.1. The first kappa shape index (κ1) is 8.76. The van der Waals surface area contributed by atoms with E-state index < -0.39 is 0 Å². The lowest BCUT2D eigenvalue weighted by molar-refractivity contribution is -0.122. The molecule has 0 aliphatic heterocycles. The molecule has 0 amide bonds. The van der Waals surface area contributed by atoms with Crippen LogP contribution in [0.1, 0.15) is 46.5 Å². The molecule has 1 rings (SSSR count). The minimum absolute atomic E-state index is 0.384. The van der Waals surface area contributed by atoms with Crippen molar-refractivity contribution in [3.8, 4) is 0 Å². The van der Waals surface area contributed by atoms with E-state index in [1.165, 1.54) is 6.42 Å². The minimum atomic E-state index is 0.384. The smallest absolute Gasteiger partial charge is 0.135 e. The zero-order valence-electron chi connectivity index (χ0n) is 7.81. The van der Waals surface area contributed by atoms with Crippen molar-refractivity contribution < 1.29 is 4.79 Å². The van der Waals surface area contributed by atoms with Crippen LogP contribution in [0.2, 0.25) is 0 Å². The maximum atomic E-state index is 11.3. The molecule has 1 nitrogen and oxygen atoms in total. The molecular formula is C10H18O. The van der Waals surface area contributed by atoms with Gasteiger partial charge >= 0.3 is 0 Å². The van der Waals surface area contributed by atoms with Crippen LogP contribution < -0.4 is 0 Å². The van der Waals surface area contributed by atoms with Crippen LogP contribution in [0.15, 0.2) is 0 Å². The third kappa shape index (κ3) is 2.05. The van der Waals surface area contributed by atoms with E-state index in [-0.39, 0.29) is 0 Å². The third-order valence-corrected chi connectivity index (χ3v) is 2.77. The summed E-state index contributed by atoms with van der Waals surface area (Å²) in [7, 11) is 0. The second kappa shape index (κ2) is 2.96. The molecule has 1 atom stereocenters. The number of hydrogen-bond donors (Lipinski definition) is 0. The molecule has 1 aliphatic carbocycles. The van der Waals surface area contributed by atoms with Gasteiger partial charge in [-0.1, -0.05) is 20.8 Å². The van der Waals surface area contributed by atoms with Crippen molar-refractivity contribution in [3.63, 3.8) is 0 Å². The highest BCUT2D eigenvalue weighted by Crippen LogP contribution is 2.41. The van der Waals surface area contributed by atoms with Gasteiger partial charge in [-0.3, -0.25) is 4.79 Å². The van der Waals surface area contributed by atoms with Crippen LogP contribution in [0.4, 0.5) is 0 Å². The Bertz CT molecular complexity index is 158. The van der Waals surface area contributed by atoms with E-state index >= 15 is 0 Å². The largest absolute Gasteiger partial charge is 0.299 e. The first-order chi connectivity index (χ1) is 5.05. The van der Waals surface area contributed by atoms with Crippen molar-refractivity contribution in [1.29, 1.82) is 0 Å². The highest BCUT2D eigenvalue weighted by molar-refractivity contribution is 5.80. The van der Waals surface area contributed by atoms with Gasteiger partial charge in [-0.05, 0) is 24.7 Å². The Morgan fingerprint density at radius 1 is 1.55 bits per heavy atom. The van der Waals surface area contributed by atoms with Gasteiger partial charge in [-0.2, -0.15) is 0 Å². The van der Waals surface area contributed by atoms with E-state index in [9.17, 15) is 4.79 Å². The van der Waals surface area contributed by atoms with E-state index in [4.69, 9.17) is 0 Å². The van der Waals surface area contributed by atoms with Crippen LogP contribution >= 0.6 is 0 Å². The number of carbonyl (C=O) groups is 1. The summed E-state index contributed by atoms with van der Waals surface area (Å²) >= 11 is 0. The Labute approximate surface area is 69.2 Å². The fourth-order valence-electron chi connectivity index (χ4n) is 2.00. The molecule has 1 fully saturated rings. The summed E-state index contributed by atoms with van der Waals surface area (Å²) in [6.07, 6.45) is 4.18. The van der Waals surface area contributed by atoms with Crippen LogP contribution in [-0.4, -0.2) is 5.78 Å². The lowest BCUT2D eigenvalue weighted by atomic mass is 9.89. The Morgan fingerprint density at radius 2 is 2.18 bits per heavy atom. The van der Waals surface area contributed by atoms with Crippen molar-refractivity contribution >= 4 is 5.78 Å². The minimum Gasteiger partial charge on any atom is -0.299 e. The molecule has 0 aromatic carbocycles. The number of hydrogen-bond acceptors (Lipinski definition) is 1. The van der Waals surface area contributed by atoms with Crippen molar-refractivity contribution in [2.24, 2.45) is 11.3 Å². The van der Waals surface area contributed by atoms with Crippen LogP contribution in [0.3, 0.4) is 0 Å². The average molecular weight is 154 g/mol. The molecule has 1 saturated carbocycles. The maximum Gasteiger partial charge on any atom is 0.135 e. The fraction of sp³-hybridized carbons (Fsp3) is 0.900. The van der Waals surface area contributed by atoms with Gasteiger partial charge < -0.3 is 0 Å². The Kier molecular flexibility index (Phi) is 2.36. The molecule has 64 valence electrons. The van der Waals surface area contributed by atoms with Gasteiger partial charge in [0.05, 0.1) is 0 Å². The summed E-state index contributed by atoms with van der Waals surface area (Å²) in [4.78, 5) is 11.3. The number of Topliss-reactive ketones (excluding diaryl/α,β-unsaturated/α-hetero) is 1. The molecule has 1 heteroatoms. The molecule has 1 unspecified atom stereocenters. The molecule has 11 heavy (non-hydrogen) atoms. The van der Waals surface area contributed by atoms with Gasteiger partial charge in [0.2, 0.25) is 0 Å². The molecule has 0 N–H and O–H groups in total. The lowest BCUT2D eigenvalue weighted by Gasteiger charge is -2.16. The molecule has 1 aliphatic rings. The topological polar surface area (TPSA) is 17.1 Å². The lowest BCUT2D eigenvalue weighted by Crippen LogP contribution is -2.12. The van der Waals surface area contributed by atoms with Gasteiger partial charge in [0, 0.05) is 12.3 Å². The summed E-state index contributed by atoms with van der Waals surface area (Å²) in [5.41, 5.74) is 0.426. The first-order valence-electron chi connectivity index (χ1n) is 4.58. The van der Waals surface area contributed by atoms with E-state index in [0.29, 0.717) is 17.1 Å². The molecule has 0 bridgehead atoms. The molecule has 0 heterocycles. The normalized spacial score (nSPS) is 28.8. The average Bonchev–Trinajstić information content (AvgIpc) is 2.29. The standard InChI is InChI=1S/C10H18O/c1-4-9(11)8-5-6-10(2,3)7-8/h8H,4-7H2,1-3H3. The van der Waals surface area contributed by atoms with Gasteiger partial charge in [0.1, 0.15) is 5.78 Å². The number of ketones is 1. The van der Waals surface area contributed by atoms with Gasteiger partial charge in [0.25, 0.3) is 0 Å². The second-order valence-electron chi connectivity index (χ2n) is 4.42. The molecule has 0 saturated heterocycles. The Morgan fingerprint density at radius 3 is 2.55 bits per heavy atom. The van der Waals surface area contributed by atoms with Gasteiger partial charge in [0.15, 0.2) is 0 Å². The molecular weight excluding hydrogens is 136 g/mol. The molecule has 0 radical (unpaired) electrons. The Balaban J connectivity index is 2.48. The van der Waals surface area contributed by atoms with Crippen LogP contribution in [-0.2, 0) is 4.79 Å². The second-order valence-corrected chi connectivity index (χ2v) is 4.42. The summed E-state index contributed by atoms with van der Waals surface area (Å²) in [5, 5.41) is 0. The highest BCUT2D eigenvalue weighted by Gasteiger charge is 2.33. The zero-order valence-corrected chi connectivity index (χ0v) is 7.81. The van der Waals surface area contributed by atoms with E-state index in [1.807, 2.05) is 6.92 Å². The monoisotopic (exact) mass is 154 g/mol. The van der Waals surface area contributed by atoms with Crippen molar-refractivity contribution in [1.82, 2.24) is 0 Å². The van der Waals surface area contributed by atoms with E-state index in [2.05, 4.69) is 13.8 Å². The van der Waals surface area contributed by atoms with Gasteiger partial charge in [-0.25, -0.2) is 0 Å². The predicted molar refractivity (Wildman–Crippen MR) is 46.4 cm³/mol. The third-order valence-electron chi connectivity index (χ3n) is 2.77. The molecule has 0 spiro atoms. The summed E-state index contributed by atoms with van der Waals surface area (Å²) in [6, 6.07) is 0. The maximum absolute atomic E-state index is 11.3. The van der Waals surface area contributed by atoms with E-state index in [0.717, 1.165) is 19.3 Å². The quantitative estimate of drug-likeness (QED) is 0.597. The number of carbonyl (C=O) groups excluding carboxylic acids is 1. The van der Waals surface area contributed by atoms with Crippen LogP contribution in [0, 0.1) is 11.3 Å². The predicted octanol–water partition coefficient (Wildman–Crippen LogP) is 2.79. The molecule has 0 aromatic heterocycles. The fourth-order valence-corrected chi connectivity index (χ4v) is 2.00. The van der Waals surface area contributed by atoms with E-state index in [1.54, 1.807) is 0 Å². The SMILES string of the molecule is CCC(=O)C1CCC(C)(C)C1. The summed E-state index contributed by atoms with van der Waals surface area (Å²) in [6.45, 7) is 6.49. The van der Waals surface area contributed by atoms with Gasteiger partial charge in [-0.15, -0.1) is 0 Å². The zero-order chi connectivity index (χ0) is 8.48. The van der Waals surface area contributed by atoms with Crippen LogP contribution in [0.5, 0.6) is 0 Å². The molecule has 0 aromatic rings.